The molecule has 0 saturated heterocycles. The zero-order chi connectivity index (χ0) is 22.7. The van der Waals surface area contributed by atoms with Crippen molar-refractivity contribution in [1.29, 1.82) is 0 Å². The molecular weight excluding hydrogens is 408 g/mol. The summed E-state index contributed by atoms with van der Waals surface area (Å²) >= 11 is 0. The summed E-state index contributed by atoms with van der Waals surface area (Å²) < 4.78 is 12.4. The first-order valence-electron chi connectivity index (χ1n) is 12.6. The van der Waals surface area contributed by atoms with E-state index >= 15 is 0 Å². The molecule has 0 unspecified atom stereocenters. The van der Waals surface area contributed by atoms with E-state index in [2.05, 4.69) is 64.1 Å². The molecule has 4 aliphatic rings. The van der Waals surface area contributed by atoms with Crippen molar-refractivity contribution in [2.24, 2.45) is 21.8 Å². The van der Waals surface area contributed by atoms with Gasteiger partial charge in [-0.2, -0.15) is 0 Å². The number of rotatable bonds is 4. The molecule has 0 radical (unpaired) electrons. The number of nitrogens with zero attached hydrogens (tertiary/aromatic N) is 2. The summed E-state index contributed by atoms with van der Waals surface area (Å²) in [5, 5.41) is 0. The van der Waals surface area contributed by atoms with Gasteiger partial charge in [0.1, 0.15) is 13.2 Å². The molecule has 2 aromatic carbocycles. The van der Waals surface area contributed by atoms with Gasteiger partial charge in [0.15, 0.2) is 0 Å². The van der Waals surface area contributed by atoms with E-state index < -0.39 is 0 Å². The van der Waals surface area contributed by atoms with Gasteiger partial charge in [0.2, 0.25) is 11.8 Å². The molecule has 2 atom stereocenters. The van der Waals surface area contributed by atoms with Gasteiger partial charge >= 0.3 is 0 Å². The molecule has 4 nitrogen and oxygen atoms in total. The topological polar surface area (TPSA) is 43.2 Å². The number of aliphatic imine (C=N–C) groups is 2. The van der Waals surface area contributed by atoms with Gasteiger partial charge in [0, 0.05) is 16.5 Å². The summed E-state index contributed by atoms with van der Waals surface area (Å²) in [5.41, 5.74) is 8.17. The molecule has 4 heteroatoms. The molecule has 2 aliphatic heterocycles. The lowest BCUT2D eigenvalue weighted by molar-refractivity contribution is 0.291. The van der Waals surface area contributed by atoms with E-state index in [1.807, 2.05) is 0 Å². The van der Waals surface area contributed by atoms with Crippen LogP contribution in [0.5, 0.6) is 0 Å². The summed E-state index contributed by atoms with van der Waals surface area (Å²) in [5.74, 6) is 2.65. The molecule has 6 rings (SSSR count). The van der Waals surface area contributed by atoms with Crippen molar-refractivity contribution >= 4 is 11.8 Å². The minimum Gasteiger partial charge on any atom is -0.475 e. The monoisotopic (exact) mass is 442 g/mol. The second-order valence-corrected chi connectivity index (χ2v) is 10.9. The normalized spacial score (nSPS) is 24.7. The van der Waals surface area contributed by atoms with Crippen molar-refractivity contribution in [1.82, 2.24) is 0 Å². The van der Waals surface area contributed by atoms with Gasteiger partial charge < -0.3 is 9.47 Å². The highest BCUT2D eigenvalue weighted by Gasteiger charge is 2.49. The first kappa shape index (κ1) is 20.9. The van der Waals surface area contributed by atoms with E-state index in [0.29, 0.717) is 25.0 Å². The van der Waals surface area contributed by atoms with E-state index in [1.165, 1.54) is 33.4 Å². The van der Waals surface area contributed by atoms with Crippen LogP contribution in [0, 0.1) is 11.8 Å². The number of benzene rings is 2. The minimum absolute atomic E-state index is 0.0125. The predicted octanol–water partition coefficient (Wildman–Crippen LogP) is 5.47. The van der Waals surface area contributed by atoms with Crippen molar-refractivity contribution < 1.29 is 9.47 Å². The Morgan fingerprint density at radius 1 is 0.727 bits per heavy atom. The Kier molecular flexibility index (Phi) is 4.90. The average molecular weight is 443 g/mol. The quantitative estimate of drug-likeness (QED) is 0.630. The van der Waals surface area contributed by atoms with Crippen LogP contribution in [0.4, 0.5) is 0 Å². The standard InChI is InChI=1S/C29H34N2O2/c1-17(2)23-15-32-27(30-23)21-9-5-7-19-11-13-29(25(19)21)14-12-20-8-6-10-22(26(20)29)28-31-24(16-33-28)18(3)4/h5-10,17-18,23-24H,11-16H2,1-4H3/t23-,24-,29?/m0/s1. The van der Waals surface area contributed by atoms with Gasteiger partial charge in [0.05, 0.1) is 12.1 Å². The van der Waals surface area contributed by atoms with E-state index in [4.69, 9.17) is 19.5 Å². The fraction of sp³-hybridized carbons (Fsp3) is 0.517. The molecule has 0 amide bonds. The van der Waals surface area contributed by atoms with Crippen LogP contribution in [0.1, 0.15) is 73.9 Å². The largest absolute Gasteiger partial charge is 0.475 e. The van der Waals surface area contributed by atoms with Crippen molar-refractivity contribution in [3.63, 3.8) is 0 Å². The third-order valence-corrected chi connectivity index (χ3v) is 8.25. The highest BCUT2D eigenvalue weighted by molar-refractivity contribution is 6.00. The summed E-state index contributed by atoms with van der Waals surface area (Å²) in [6, 6.07) is 13.9. The zero-order valence-electron chi connectivity index (χ0n) is 20.2. The van der Waals surface area contributed by atoms with Gasteiger partial charge in [-0.3, -0.25) is 0 Å². The fourth-order valence-electron chi connectivity index (χ4n) is 6.31. The molecule has 1 spiro atoms. The summed E-state index contributed by atoms with van der Waals surface area (Å²) in [4.78, 5) is 10.0. The molecule has 2 aliphatic carbocycles. The average Bonchev–Trinajstić information content (AvgIpc) is 3.60. The van der Waals surface area contributed by atoms with E-state index in [0.717, 1.165) is 37.5 Å². The molecule has 0 bridgehead atoms. The Bertz CT molecular complexity index is 1070. The van der Waals surface area contributed by atoms with E-state index in [9.17, 15) is 0 Å². The Morgan fingerprint density at radius 3 is 1.58 bits per heavy atom. The molecular formula is C29H34N2O2. The maximum atomic E-state index is 6.20. The maximum Gasteiger partial charge on any atom is 0.216 e. The molecule has 172 valence electrons. The maximum absolute atomic E-state index is 6.20. The van der Waals surface area contributed by atoms with Crippen molar-refractivity contribution in [3.05, 3.63) is 69.8 Å². The first-order chi connectivity index (χ1) is 16.0. The Labute approximate surface area is 197 Å². The van der Waals surface area contributed by atoms with Crippen LogP contribution in [-0.4, -0.2) is 37.1 Å². The van der Waals surface area contributed by atoms with Crippen molar-refractivity contribution in [3.8, 4) is 0 Å². The highest BCUT2D eigenvalue weighted by atomic mass is 16.5. The zero-order valence-corrected chi connectivity index (χ0v) is 20.2. The third-order valence-electron chi connectivity index (χ3n) is 8.25. The van der Waals surface area contributed by atoms with Crippen LogP contribution >= 0.6 is 0 Å². The number of hydrogen-bond acceptors (Lipinski definition) is 4. The lowest BCUT2D eigenvalue weighted by Gasteiger charge is -2.30. The molecule has 0 saturated carbocycles. The fourth-order valence-corrected chi connectivity index (χ4v) is 6.31. The lowest BCUT2D eigenvalue weighted by Crippen LogP contribution is -2.27. The summed E-state index contributed by atoms with van der Waals surface area (Å²) in [6.45, 7) is 10.3. The first-order valence-corrected chi connectivity index (χ1v) is 12.6. The van der Waals surface area contributed by atoms with Gasteiger partial charge in [-0.25, -0.2) is 9.98 Å². The van der Waals surface area contributed by atoms with Crippen LogP contribution in [-0.2, 0) is 27.7 Å². The molecule has 33 heavy (non-hydrogen) atoms. The van der Waals surface area contributed by atoms with Crippen LogP contribution < -0.4 is 0 Å². The molecule has 0 aromatic heterocycles. The van der Waals surface area contributed by atoms with Gasteiger partial charge in [-0.1, -0.05) is 52.0 Å². The molecule has 2 heterocycles. The number of ether oxygens (including phenoxy) is 2. The van der Waals surface area contributed by atoms with E-state index in [-0.39, 0.29) is 17.5 Å². The Morgan fingerprint density at radius 2 is 1.18 bits per heavy atom. The van der Waals surface area contributed by atoms with Crippen LogP contribution in [0.25, 0.3) is 0 Å². The van der Waals surface area contributed by atoms with Gasteiger partial charge in [-0.05, 0) is 71.9 Å². The second-order valence-electron chi connectivity index (χ2n) is 10.9. The number of fused-ring (bicyclic) bond motifs is 4. The molecule has 2 aromatic rings. The summed E-state index contributed by atoms with van der Waals surface area (Å²) in [7, 11) is 0. The van der Waals surface area contributed by atoms with Crippen molar-refractivity contribution in [2.45, 2.75) is 70.9 Å². The summed E-state index contributed by atoms with van der Waals surface area (Å²) in [6.07, 6.45) is 4.45. The smallest absolute Gasteiger partial charge is 0.216 e. The number of hydrogen-bond donors (Lipinski definition) is 0. The van der Waals surface area contributed by atoms with Crippen LogP contribution in [0.2, 0.25) is 0 Å². The van der Waals surface area contributed by atoms with E-state index in [1.54, 1.807) is 0 Å². The van der Waals surface area contributed by atoms with Gasteiger partial charge in [0.25, 0.3) is 0 Å². The minimum atomic E-state index is -0.0125. The molecule has 0 N–H and O–H groups in total. The third kappa shape index (κ3) is 3.17. The lowest BCUT2D eigenvalue weighted by atomic mass is 9.73. The SMILES string of the molecule is CC(C)[C@@H]1COC(c2cccc3c2C2(CC3)CCc3cccc(C4=N[C@H](C(C)C)CO4)c32)=N1. The number of aryl methyl sites for hydroxylation is 2. The van der Waals surface area contributed by atoms with Crippen molar-refractivity contribution in [2.75, 3.05) is 13.2 Å². The predicted molar refractivity (Wildman–Crippen MR) is 133 cm³/mol. The Balaban J connectivity index is 1.50. The van der Waals surface area contributed by atoms with Crippen LogP contribution in [0.15, 0.2) is 46.4 Å². The Hall–Kier alpha value is -2.62. The van der Waals surface area contributed by atoms with Crippen LogP contribution in [0.3, 0.4) is 0 Å². The van der Waals surface area contributed by atoms with Gasteiger partial charge in [-0.15, -0.1) is 0 Å². The molecule has 0 fully saturated rings. The second kappa shape index (κ2) is 7.72. The highest BCUT2D eigenvalue weighted by Crippen LogP contribution is 2.55.